The zero-order chi connectivity index (χ0) is 5.70. The predicted molar refractivity (Wildman–Crippen MR) is 29.7 cm³/mol. The van der Waals surface area contributed by atoms with Gasteiger partial charge in [-0.2, -0.15) is 0 Å². The lowest BCUT2D eigenvalue weighted by Crippen LogP contribution is -2.04. The van der Waals surface area contributed by atoms with E-state index in [-0.39, 0.29) is 0 Å². The Morgan fingerprint density at radius 2 is 1.71 bits per heavy atom. The molecule has 1 aliphatic rings. The van der Waals surface area contributed by atoms with E-state index in [1.807, 2.05) is 0 Å². The van der Waals surface area contributed by atoms with Crippen molar-refractivity contribution in [2.75, 3.05) is 0 Å². The maximum Gasteiger partial charge on any atom is 0.0462 e. The summed E-state index contributed by atoms with van der Waals surface area (Å²) in [4.78, 5) is 0. The molecule has 0 amide bonds. The van der Waals surface area contributed by atoms with Gasteiger partial charge in [-0.3, -0.25) is 0 Å². The van der Waals surface area contributed by atoms with E-state index >= 15 is 0 Å². The van der Waals surface area contributed by atoms with Gasteiger partial charge in [0, 0.05) is 6.57 Å². The molecule has 0 aromatic carbocycles. The molecule has 0 spiro atoms. The largest absolute Gasteiger partial charge is 0.202 e. The first kappa shape index (κ1) is 6.49. The molecule has 0 aromatic rings. The molecule has 0 aromatic heterocycles. The highest BCUT2D eigenvalue weighted by molar-refractivity contribution is 4.62. The predicted octanol–water partition coefficient (Wildman–Crippen LogP) is 1.95. The van der Waals surface area contributed by atoms with E-state index < -0.39 is 0 Å². The molecule has 0 heterocycles. The van der Waals surface area contributed by atoms with Crippen LogP contribution in [0.1, 0.15) is 26.2 Å². The summed E-state index contributed by atoms with van der Waals surface area (Å²) in [7, 11) is 0. The molecule has 0 aliphatic heterocycles. The summed E-state index contributed by atoms with van der Waals surface area (Å²) < 4.78 is 0. The highest BCUT2D eigenvalue weighted by atomic mass is 14.2. The Morgan fingerprint density at radius 3 is 1.71 bits per heavy atom. The van der Waals surface area contributed by atoms with E-state index in [4.69, 9.17) is 5.26 Å². The average Bonchev–Trinajstić information content (AvgIpc) is 1.68. The first-order valence-corrected chi connectivity index (χ1v) is 2.65. The zero-order valence-corrected chi connectivity index (χ0v) is 4.72. The SMILES string of the molecule is C#N.CC1CCC1. The molecule has 0 saturated heterocycles. The minimum Gasteiger partial charge on any atom is -0.202 e. The van der Waals surface area contributed by atoms with E-state index in [2.05, 4.69) is 13.5 Å². The number of nitrogens with zero attached hydrogens (tertiary/aromatic N) is 1. The van der Waals surface area contributed by atoms with Crippen LogP contribution in [-0.4, -0.2) is 0 Å². The monoisotopic (exact) mass is 97.1 g/mol. The third kappa shape index (κ3) is 2.22. The number of nitriles is 1. The van der Waals surface area contributed by atoms with Gasteiger partial charge in [0.15, 0.2) is 0 Å². The Bertz CT molecular complexity index is 52.4. The topological polar surface area (TPSA) is 23.8 Å². The van der Waals surface area contributed by atoms with Crippen molar-refractivity contribution in [3.63, 3.8) is 0 Å². The quantitative estimate of drug-likeness (QED) is 0.453. The van der Waals surface area contributed by atoms with Crippen LogP contribution in [0.4, 0.5) is 0 Å². The van der Waals surface area contributed by atoms with E-state index in [0.29, 0.717) is 0 Å². The summed E-state index contributed by atoms with van der Waals surface area (Å²) in [5, 5.41) is 6.50. The van der Waals surface area contributed by atoms with Crippen molar-refractivity contribution in [1.82, 2.24) is 0 Å². The van der Waals surface area contributed by atoms with E-state index in [9.17, 15) is 0 Å². The maximum absolute atomic E-state index is 6.50. The molecule has 1 saturated carbocycles. The van der Waals surface area contributed by atoms with Crippen molar-refractivity contribution < 1.29 is 0 Å². The van der Waals surface area contributed by atoms with Gasteiger partial charge in [-0.1, -0.05) is 26.2 Å². The highest BCUT2D eigenvalue weighted by Gasteiger charge is 2.09. The molecule has 1 aliphatic carbocycles. The molecule has 1 rings (SSSR count). The minimum absolute atomic E-state index is 1.06. The fraction of sp³-hybridized carbons (Fsp3) is 0.833. The maximum atomic E-state index is 6.50. The Kier molecular flexibility index (Phi) is 3.40. The Labute approximate surface area is 45.0 Å². The van der Waals surface area contributed by atoms with Crippen molar-refractivity contribution in [1.29, 1.82) is 5.26 Å². The summed E-state index contributed by atoms with van der Waals surface area (Å²) >= 11 is 0. The fourth-order valence-electron chi connectivity index (χ4n) is 0.612. The Balaban J connectivity index is 0.000000162. The summed E-state index contributed by atoms with van der Waals surface area (Å²) in [5.41, 5.74) is 0. The van der Waals surface area contributed by atoms with Crippen LogP contribution in [0.25, 0.3) is 0 Å². The van der Waals surface area contributed by atoms with Crippen molar-refractivity contribution in [2.45, 2.75) is 26.2 Å². The van der Waals surface area contributed by atoms with Gasteiger partial charge in [0.05, 0.1) is 0 Å². The van der Waals surface area contributed by atoms with Crippen LogP contribution in [0.3, 0.4) is 0 Å². The van der Waals surface area contributed by atoms with Crippen LogP contribution in [0.15, 0.2) is 0 Å². The second-order valence-corrected chi connectivity index (χ2v) is 2.04. The summed E-state index contributed by atoms with van der Waals surface area (Å²) in [5.74, 6) is 1.06. The molecule has 0 bridgehead atoms. The Morgan fingerprint density at radius 1 is 1.43 bits per heavy atom. The van der Waals surface area contributed by atoms with E-state index in [1.165, 1.54) is 19.3 Å². The summed E-state index contributed by atoms with van der Waals surface area (Å²) in [6, 6.07) is 0. The second kappa shape index (κ2) is 3.67. The van der Waals surface area contributed by atoms with Gasteiger partial charge < -0.3 is 0 Å². The average molecular weight is 97.2 g/mol. The van der Waals surface area contributed by atoms with Gasteiger partial charge in [-0.05, 0) is 5.92 Å². The van der Waals surface area contributed by atoms with Gasteiger partial charge in [0.25, 0.3) is 0 Å². The molecular weight excluding hydrogens is 86.1 g/mol. The normalized spacial score (nSPS) is 18.7. The number of hydrogen-bond acceptors (Lipinski definition) is 1. The first-order valence-electron chi connectivity index (χ1n) is 2.65. The molecule has 1 fully saturated rings. The van der Waals surface area contributed by atoms with Crippen LogP contribution in [-0.2, 0) is 0 Å². The van der Waals surface area contributed by atoms with E-state index in [1.54, 1.807) is 0 Å². The van der Waals surface area contributed by atoms with Crippen molar-refractivity contribution >= 4 is 0 Å². The van der Waals surface area contributed by atoms with Gasteiger partial charge in [-0.25, -0.2) is 5.26 Å². The first-order chi connectivity index (χ1) is 3.39. The molecule has 0 radical (unpaired) electrons. The molecule has 0 N–H and O–H groups in total. The second-order valence-electron chi connectivity index (χ2n) is 2.04. The standard InChI is InChI=1S/C5H10.CHN/c1-5-3-2-4-5;1-2/h5H,2-4H2,1H3;1H. The smallest absolute Gasteiger partial charge is 0.0462 e. The van der Waals surface area contributed by atoms with Crippen molar-refractivity contribution in [3.8, 4) is 6.57 Å². The Hall–Kier alpha value is -0.510. The van der Waals surface area contributed by atoms with Crippen LogP contribution in [0.2, 0.25) is 0 Å². The van der Waals surface area contributed by atoms with Crippen molar-refractivity contribution in [3.05, 3.63) is 0 Å². The fourth-order valence-corrected chi connectivity index (χ4v) is 0.612. The minimum atomic E-state index is 1.06. The lowest BCUT2D eigenvalue weighted by molar-refractivity contribution is 0.346. The van der Waals surface area contributed by atoms with Crippen LogP contribution in [0.5, 0.6) is 0 Å². The molecule has 0 atom stereocenters. The molecule has 1 nitrogen and oxygen atoms in total. The number of rotatable bonds is 0. The molecular formula is C6H11N. The lowest BCUT2D eigenvalue weighted by atomic mass is 9.88. The molecule has 1 heteroatoms. The van der Waals surface area contributed by atoms with Gasteiger partial charge >= 0.3 is 0 Å². The summed E-state index contributed by atoms with van der Waals surface area (Å²) in [6.07, 6.45) is 4.46. The van der Waals surface area contributed by atoms with Crippen molar-refractivity contribution in [2.24, 2.45) is 5.92 Å². The zero-order valence-electron chi connectivity index (χ0n) is 4.72. The third-order valence-electron chi connectivity index (χ3n) is 1.39. The van der Waals surface area contributed by atoms with Gasteiger partial charge in [0.1, 0.15) is 0 Å². The summed E-state index contributed by atoms with van der Waals surface area (Å²) in [6.45, 7) is 5.81. The van der Waals surface area contributed by atoms with Crippen LogP contribution in [0, 0.1) is 17.8 Å². The molecule has 7 heavy (non-hydrogen) atoms. The molecule has 40 valence electrons. The van der Waals surface area contributed by atoms with Crippen LogP contribution >= 0.6 is 0 Å². The number of hydrogen-bond donors (Lipinski definition) is 0. The van der Waals surface area contributed by atoms with Crippen LogP contribution < -0.4 is 0 Å². The van der Waals surface area contributed by atoms with Gasteiger partial charge in [0.2, 0.25) is 0 Å². The third-order valence-corrected chi connectivity index (χ3v) is 1.39. The highest BCUT2D eigenvalue weighted by Crippen LogP contribution is 2.24. The van der Waals surface area contributed by atoms with Gasteiger partial charge in [-0.15, -0.1) is 0 Å². The lowest BCUT2D eigenvalue weighted by Gasteiger charge is -2.18. The van der Waals surface area contributed by atoms with E-state index in [0.717, 1.165) is 5.92 Å². The molecule has 0 unspecified atom stereocenters.